The molecule has 3 aromatic rings. The van der Waals surface area contributed by atoms with Crippen LogP contribution in [0.3, 0.4) is 0 Å². The van der Waals surface area contributed by atoms with Crippen molar-refractivity contribution in [1.82, 2.24) is 9.88 Å². The van der Waals surface area contributed by atoms with Crippen LogP contribution < -0.4 is 5.32 Å². The molecule has 5 heteroatoms. The Morgan fingerprint density at radius 1 is 1.09 bits per heavy atom. The predicted octanol–water partition coefficient (Wildman–Crippen LogP) is 3.58. The number of nitrogens with one attached hydrogen (secondary N) is 1. The molecule has 0 radical (unpaired) electrons. The van der Waals surface area contributed by atoms with Crippen molar-refractivity contribution in [2.75, 3.05) is 0 Å². The molecule has 0 spiro atoms. The molecule has 0 bridgehead atoms. The zero-order valence-corrected chi connectivity index (χ0v) is 12.3. The van der Waals surface area contributed by atoms with Crippen LogP contribution in [0.25, 0.3) is 5.69 Å². The van der Waals surface area contributed by atoms with Crippen molar-refractivity contribution in [2.45, 2.75) is 12.6 Å². The second-order valence-corrected chi connectivity index (χ2v) is 5.60. The molecule has 1 N–H and O–H groups in total. The monoisotopic (exact) mass is 305 g/mol. The van der Waals surface area contributed by atoms with Gasteiger partial charge in [-0.2, -0.15) is 0 Å². The fourth-order valence-corrected chi connectivity index (χ4v) is 3.17. The molecular weight excluding hydrogens is 290 g/mol. The molecule has 1 aliphatic rings. The van der Waals surface area contributed by atoms with Crippen LogP contribution in [-0.2, 0) is 6.54 Å². The van der Waals surface area contributed by atoms with Gasteiger partial charge in [-0.05, 0) is 29.3 Å². The lowest BCUT2D eigenvalue weighted by Crippen LogP contribution is -2.21. The molecule has 1 aliphatic heterocycles. The van der Waals surface area contributed by atoms with Crippen LogP contribution in [-0.4, -0.2) is 9.49 Å². The average Bonchev–Trinajstić information content (AvgIpc) is 2.99. The minimum absolute atomic E-state index is 0.0858. The molecule has 0 saturated carbocycles. The predicted molar refractivity (Wildman–Crippen MR) is 87.5 cm³/mol. The van der Waals surface area contributed by atoms with Crippen LogP contribution in [0.1, 0.15) is 22.9 Å². The lowest BCUT2D eigenvalue weighted by atomic mass is 10.0. The van der Waals surface area contributed by atoms with E-state index in [2.05, 4.69) is 28.1 Å². The molecule has 4 rings (SSSR count). The van der Waals surface area contributed by atoms with E-state index in [1.54, 1.807) is 12.1 Å². The third-order valence-electron chi connectivity index (χ3n) is 4.24. The Morgan fingerprint density at radius 2 is 1.96 bits per heavy atom. The fourth-order valence-electron chi connectivity index (χ4n) is 3.17. The largest absolute Gasteiger partial charge is 0.319 e. The van der Waals surface area contributed by atoms with Crippen molar-refractivity contribution in [3.8, 4) is 5.69 Å². The van der Waals surface area contributed by atoms with Gasteiger partial charge in [-0.3, -0.25) is 10.1 Å². The smallest absolute Gasteiger partial charge is 0.269 e. The number of nitro groups is 1. The minimum Gasteiger partial charge on any atom is -0.319 e. The standard InChI is InChI=1S/C18H15N3O2/c22-21(23)15-7-3-6-13(11-15)18-17-9-4-10-20(17)16-8-2-1-5-14(16)12-19-18/h1-11,18-19H,12H2/t18-/m0/s1. The molecule has 0 fully saturated rings. The van der Waals surface area contributed by atoms with Gasteiger partial charge in [0.25, 0.3) is 5.69 Å². The molecule has 0 aliphatic carbocycles. The van der Waals surface area contributed by atoms with Gasteiger partial charge in [0.1, 0.15) is 0 Å². The van der Waals surface area contributed by atoms with Gasteiger partial charge >= 0.3 is 0 Å². The molecule has 0 unspecified atom stereocenters. The molecule has 2 aromatic carbocycles. The molecule has 1 aromatic heterocycles. The summed E-state index contributed by atoms with van der Waals surface area (Å²) in [5.41, 5.74) is 4.44. The summed E-state index contributed by atoms with van der Waals surface area (Å²) in [5, 5.41) is 14.6. The molecule has 114 valence electrons. The average molecular weight is 305 g/mol. The SMILES string of the molecule is O=[N+]([O-])c1cccc([C@@H]2NCc3ccccc3-n3cccc32)c1. The zero-order chi connectivity index (χ0) is 15.8. The van der Waals surface area contributed by atoms with E-state index in [1.165, 1.54) is 11.6 Å². The van der Waals surface area contributed by atoms with Gasteiger partial charge in [0.15, 0.2) is 0 Å². The van der Waals surface area contributed by atoms with E-state index in [0.29, 0.717) is 6.54 Å². The van der Waals surface area contributed by atoms with E-state index in [9.17, 15) is 10.1 Å². The number of aromatic nitrogens is 1. The first-order chi connectivity index (χ1) is 11.2. The lowest BCUT2D eigenvalue weighted by molar-refractivity contribution is -0.384. The van der Waals surface area contributed by atoms with Gasteiger partial charge in [0, 0.05) is 36.3 Å². The number of nitro benzene ring substituents is 1. The van der Waals surface area contributed by atoms with E-state index >= 15 is 0 Å². The van der Waals surface area contributed by atoms with Crippen molar-refractivity contribution in [3.63, 3.8) is 0 Å². The third kappa shape index (κ3) is 2.31. The van der Waals surface area contributed by atoms with E-state index in [4.69, 9.17) is 0 Å². The summed E-state index contributed by atoms with van der Waals surface area (Å²) in [4.78, 5) is 10.7. The Morgan fingerprint density at radius 3 is 2.83 bits per heavy atom. The van der Waals surface area contributed by atoms with Gasteiger partial charge in [-0.1, -0.05) is 30.3 Å². The number of non-ortho nitro benzene ring substituents is 1. The van der Waals surface area contributed by atoms with E-state index in [0.717, 1.165) is 16.9 Å². The highest BCUT2D eigenvalue weighted by molar-refractivity contribution is 5.47. The summed E-state index contributed by atoms with van der Waals surface area (Å²) in [6.07, 6.45) is 2.03. The molecule has 0 amide bonds. The van der Waals surface area contributed by atoms with Gasteiger partial charge in [-0.15, -0.1) is 0 Å². The Kier molecular flexibility index (Phi) is 3.20. The fraction of sp³-hybridized carbons (Fsp3) is 0.111. The van der Waals surface area contributed by atoms with Crippen LogP contribution in [0.2, 0.25) is 0 Å². The normalized spacial score (nSPS) is 16.3. The molecule has 5 nitrogen and oxygen atoms in total. The summed E-state index contributed by atoms with van der Waals surface area (Å²) < 4.78 is 2.15. The quantitative estimate of drug-likeness (QED) is 0.581. The number of rotatable bonds is 2. The van der Waals surface area contributed by atoms with Crippen molar-refractivity contribution in [1.29, 1.82) is 0 Å². The summed E-state index contributed by atoms with van der Waals surface area (Å²) >= 11 is 0. The number of para-hydroxylation sites is 1. The van der Waals surface area contributed by atoms with E-state index in [-0.39, 0.29) is 16.7 Å². The van der Waals surface area contributed by atoms with Gasteiger partial charge in [-0.25, -0.2) is 0 Å². The second kappa shape index (κ2) is 5.37. The first kappa shape index (κ1) is 13.7. The van der Waals surface area contributed by atoms with Crippen LogP contribution in [0.5, 0.6) is 0 Å². The van der Waals surface area contributed by atoms with Crippen molar-refractivity contribution < 1.29 is 4.92 Å². The van der Waals surface area contributed by atoms with Gasteiger partial charge in [0.2, 0.25) is 0 Å². The highest BCUT2D eigenvalue weighted by Crippen LogP contribution is 2.31. The molecule has 23 heavy (non-hydrogen) atoms. The zero-order valence-electron chi connectivity index (χ0n) is 12.3. The first-order valence-electron chi connectivity index (χ1n) is 7.47. The summed E-state index contributed by atoms with van der Waals surface area (Å²) in [6.45, 7) is 0.714. The topological polar surface area (TPSA) is 60.1 Å². The molecule has 1 atom stereocenters. The van der Waals surface area contributed by atoms with Crippen molar-refractivity contribution in [3.05, 3.63) is 93.8 Å². The molecule has 2 heterocycles. The Balaban J connectivity index is 1.84. The van der Waals surface area contributed by atoms with E-state index in [1.807, 2.05) is 30.5 Å². The molecule has 0 saturated heterocycles. The van der Waals surface area contributed by atoms with Gasteiger partial charge in [0.05, 0.1) is 11.0 Å². The maximum Gasteiger partial charge on any atom is 0.269 e. The third-order valence-corrected chi connectivity index (χ3v) is 4.24. The van der Waals surface area contributed by atoms with E-state index < -0.39 is 0 Å². The second-order valence-electron chi connectivity index (χ2n) is 5.60. The highest BCUT2D eigenvalue weighted by Gasteiger charge is 2.23. The highest BCUT2D eigenvalue weighted by atomic mass is 16.6. The minimum atomic E-state index is -0.353. The maximum absolute atomic E-state index is 11.1. The Bertz CT molecular complexity index is 885. The van der Waals surface area contributed by atoms with Crippen molar-refractivity contribution >= 4 is 5.69 Å². The summed E-state index contributed by atoms with van der Waals surface area (Å²) in [6, 6.07) is 19.0. The number of benzene rings is 2. The lowest BCUT2D eigenvalue weighted by Gasteiger charge is -2.17. The van der Waals surface area contributed by atoms with Gasteiger partial charge < -0.3 is 9.88 Å². The van der Waals surface area contributed by atoms with Crippen molar-refractivity contribution in [2.24, 2.45) is 0 Å². The Hall–Kier alpha value is -2.92. The summed E-state index contributed by atoms with van der Waals surface area (Å²) in [7, 11) is 0. The number of fused-ring (bicyclic) bond motifs is 3. The number of nitrogens with zero attached hydrogens (tertiary/aromatic N) is 2. The van der Waals surface area contributed by atoms with Crippen LogP contribution in [0.15, 0.2) is 66.9 Å². The van der Waals surface area contributed by atoms with Crippen LogP contribution >= 0.6 is 0 Å². The molecular formula is C18H15N3O2. The number of hydrogen-bond donors (Lipinski definition) is 1. The van der Waals surface area contributed by atoms with Crippen LogP contribution in [0, 0.1) is 10.1 Å². The number of hydrogen-bond acceptors (Lipinski definition) is 3. The summed E-state index contributed by atoms with van der Waals surface area (Å²) in [5.74, 6) is 0. The first-order valence-corrected chi connectivity index (χ1v) is 7.47. The maximum atomic E-state index is 11.1. The van der Waals surface area contributed by atoms with Crippen LogP contribution in [0.4, 0.5) is 5.69 Å². The Labute approximate surface area is 133 Å².